The van der Waals surface area contributed by atoms with E-state index < -0.39 is 4.92 Å². The molecule has 1 aromatic carbocycles. The number of halogens is 1. The number of carbonyl (C=O) groups is 1. The van der Waals surface area contributed by atoms with Gasteiger partial charge in [0.05, 0.1) is 15.5 Å². The molecule has 0 aliphatic heterocycles. The Morgan fingerprint density at radius 2 is 2.21 bits per heavy atom. The summed E-state index contributed by atoms with van der Waals surface area (Å²) in [6.45, 7) is 4.01. The van der Waals surface area contributed by atoms with Gasteiger partial charge in [-0.05, 0) is 19.4 Å². The van der Waals surface area contributed by atoms with E-state index in [0.29, 0.717) is 0 Å². The Labute approximate surface area is 117 Å². The third kappa shape index (κ3) is 4.52. The number of benzene rings is 1. The second-order valence-corrected chi connectivity index (χ2v) is 4.85. The molecule has 0 fully saturated rings. The molecule has 0 radical (unpaired) electrons. The standard InChI is InChI=1S/C13H17ClN2O3/c1-3-4-5-9(2)15-13(17)11-7-6-10(16(18)19)8-12(11)14/h6-9H,3-5H2,1-2H3,(H,15,17). The van der Waals surface area contributed by atoms with Gasteiger partial charge in [0, 0.05) is 18.2 Å². The number of non-ortho nitro benzene ring substituents is 1. The molecular weight excluding hydrogens is 268 g/mol. The first-order valence-electron chi connectivity index (χ1n) is 6.20. The maximum Gasteiger partial charge on any atom is 0.270 e. The molecule has 0 aliphatic carbocycles. The smallest absolute Gasteiger partial charge is 0.270 e. The summed E-state index contributed by atoms with van der Waals surface area (Å²) in [7, 11) is 0. The van der Waals surface area contributed by atoms with E-state index in [1.807, 2.05) is 6.92 Å². The summed E-state index contributed by atoms with van der Waals surface area (Å²) in [6.07, 6.45) is 3.00. The molecule has 6 heteroatoms. The lowest BCUT2D eigenvalue weighted by Crippen LogP contribution is -2.32. The van der Waals surface area contributed by atoms with Crippen molar-refractivity contribution in [1.82, 2.24) is 5.32 Å². The zero-order valence-electron chi connectivity index (χ0n) is 11.0. The van der Waals surface area contributed by atoms with Crippen molar-refractivity contribution in [2.24, 2.45) is 0 Å². The molecule has 0 aliphatic rings. The molecule has 1 rings (SSSR count). The summed E-state index contributed by atoms with van der Waals surface area (Å²) >= 11 is 5.89. The van der Waals surface area contributed by atoms with Crippen LogP contribution in [0.2, 0.25) is 5.02 Å². The molecule has 1 atom stereocenters. The first-order chi connectivity index (χ1) is 8.95. The molecule has 0 saturated heterocycles. The molecule has 19 heavy (non-hydrogen) atoms. The Morgan fingerprint density at radius 1 is 1.53 bits per heavy atom. The van der Waals surface area contributed by atoms with E-state index in [1.165, 1.54) is 18.2 Å². The van der Waals surface area contributed by atoms with Crippen LogP contribution < -0.4 is 5.32 Å². The van der Waals surface area contributed by atoms with Gasteiger partial charge in [-0.2, -0.15) is 0 Å². The van der Waals surface area contributed by atoms with Gasteiger partial charge in [0.25, 0.3) is 11.6 Å². The highest BCUT2D eigenvalue weighted by molar-refractivity contribution is 6.34. The number of carbonyl (C=O) groups excluding carboxylic acids is 1. The number of nitro benzene ring substituents is 1. The average molecular weight is 285 g/mol. The molecule has 0 spiro atoms. The zero-order chi connectivity index (χ0) is 14.4. The Morgan fingerprint density at radius 3 is 2.74 bits per heavy atom. The molecule has 1 aromatic rings. The number of nitro groups is 1. The van der Waals surface area contributed by atoms with Crippen molar-refractivity contribution in [3.63, 3.8) is 0 Å². The molecular formula is C13H17ClN2O3. The van der Waals surface area contributed by atoms with Crippen molar-refractivity contribution in [1.29, 1.82) is 0 Å². The number of nitrogens with zero attached hydrogens (tertiary/aromatic N) is 1. The summed E-state index contributed by atoms with van der Waals surface area (Å²) in [5.74, 6) is -0.302. The largest absolute Gasteiger partial charge is 0.350 e. The van der Waals surface area contributed by atoms with Gasteiger partial charge in [-0.3, -0.25) is 14.9 Å². The van der Waals surface area contributed by atoms with Crippen LogP contribution in [0, 0.1) is 10.1 Å². The van der Waals surface area contributed by atoms with Crippen LogP contribution in [0.25, 0.3) is 0 Å². The topological polar surface area (TPSA) is 72.2 Å². The predicted molar refractivity (Wildman–Crippen MR) is 74.6 cm³/mol. The highest BCUT2D eigenvalue weighted by atomic mass is 35.5. The van der Waals surface area contributed by atoms with Crippen LogP contribution in [-0.2, 0) is 0 Å². The summed E-state index contributed by atoms with van der Waals surface area (Å²) in [4.78, 5) is 22.0. The van der Waals surface area contributed by atoms with E-state index in [9.17, 15) is 14.9 Å². The van der Waals surface area contributed by atoms with E-state index in [0.717, 1.165) is 19.3 Å². The highest BCUT2D eigenvalue weighted by Gasteiger charge is 2.16. The fraction of sp³-hybridized carbons (Fsp3) is 0.462. The van der Waals surface area contributed by atoms with Gasteiger partial charge in [-0.25, -0.2) is 0 Å². The average Bonchev–Trinajstić information content (AvgIpc) is 2.35. The lowest BCUT2D eigenvalue weighted by Gasteiger charge is -2.13. The summed E-state index contributed by atoms with van der Waals surface area (Å²) in [5, 5.41) is 13.5. The van der Waals surface area contributed by atoms with Crippen molar-refractivity contribution < 1.29 is 9.72 Å². The van der Waals surface area contributed by atoms with Crippen molar-refractivity contribution in [3.8, 4) is 0 Å². The van der Waals surface area contributed by atoms with Crippen LogP contribution in [0.3, 0.4) is 0 Å². The van der Waals surface area contributed by atoms with Crippen molar-refractivity contribution in [2.45, 2.75) is 39.2 Å². The van der Waals surface area contributed by atoms with Gasteiger partial charge in [0.1, 0.15) is 0 Å². The Bertz CT molecular complexity index is 477. The maximum atomic E-state index is 12.0. The van der Waals surface area contributed by atoms with E-state index in [-0.39, 0.29) is 28.2 Å². The molecule has 1 unspecified atom stereocenters. The van der Waals surface area contributed by atoms with Crippen LogP contribution in [0.1, 0.15) is 43.5 Å². The zero-order valence-corrected chi connectivity index (χ0v) is 11.7. The summed E-state index contributed by atoms with van der Waals surface area (Å²) < 4.78 is 0. The van der Waals surface area contributed by atoms with E-state index in [2.05, 4.69) is 12.2 Å². The van der Waals surface area contributed by atoms with Crippen LogP contribution in [0.15, 0.2) is 18.2 Å². The first-order valence-corrected chi connectivity index (χ1v) is 6.58. The maximum absolute atomic E-state index is 12.0. The molecule has 0 saturated carbocycles. The van der Waals surface area contributed by atoms with Gasteiger partial charge in [-0.1, -0.05) is 31.4 Å². The molecule has 1 N–H and O–H groups in total. The van der Waals surface area contributed by atoms with Crippen molar-refractivity contribution in [3.05, 3.63) is 38.9 Å². The molecule has 1 amide bonds. The van der Waals surface area contributed by atoms with Crippen LogP contribution >= 0.6 is 11.6 Å². The second-order valence-electron chi connectivity index (χ2n) is 4.44. The highest BCUT2D eigenvalue weighted by Crippen LogP contribution is 2.22. The third-order valence-electron chi connectivity index (χ3n) is 2.78. The Hall–Kier alpha value is -1.62. The van der Waals surface area contributed by atoms with Gasteiger partial charge in [0.2, 0.25) is 0 Å². The van der Waals surface area contributed by atoms with Gasteiger partial charge < -0.3 is 5.32 Å². The Kier molecular flexibility index (Phi) is 5.76. The van der Waals surface area contributed by atoms with Crippen LogP contribution in [0.4, 0.5) is 5.69 Å². The molecule has 0 aromatic heterocycles. The molecule has 5 nitrogen and oxygen atoms in total. The lowest BCUT2D eigenvalue weighted by molar-refractivity contribution is -0.384. The van der Waals surface area contributed by atoms with Gasteiger partial charge in [-0.15, -0.1) is 0 Å². The number of amides is 1. The number of hydrogen-bond acceptors (Lipinski definition) is 3. The quantitative estimate of drug-likeness (QED) is 0.641. The Balaban J connectivity index is 2.74. The van der Waals surface area contributed by atoms with E-state index >= 15 is 0 Å². The lowest BCUT2D eigenvalue weighted by atomic mass is 10.1. The predicted octanol–water partition coefficient (Wildman–Crippen LogP) is 3.56. The fourth-order valence-corrected chi connectivity index (χ4v) is 1.95. The molecule has 0 heterocycles. The monoisotopic (exact) mass is 284 g/mol. The summed E-state index contributed by atoms with van der Waals surface area (Å²) in [5.41, 5.74) is 0.135. The SMILES string of the molecule is CCCCC(C)NC(=O)c1ccc([N+](=O)[O-])cc1Cl. The minimum absolute atomic E-state index is 0.0544. The van der Waals surface area contributed by atoms with Gasteiger partial charge in [0.15, 0.2) is 0 Å². The minimum Gasteiger partial charge on any atom is -0.350 e. The minimum atomic E-state index is -0.544. The summed E-state index contributed by atoms with van der Waals surface area (Å²) in [6, 6.07) is 3.89. The van der Waals surface area contributed by atoms with E-state index in [4.69, 9.17) is 11.6 Å². The fourth-order valence-electron chi connectivity index (χ4n) is 1.69. The van der Waals surface area contributed by atoms with E-state index in [1.54, 1.807) is 0 Å². The van der Waals surface area contributed by atoms with Crippen LogP contribution in [-0.4, -0.2) is 16.9 Å². The number of hydrogen-bond donors (Lipinski definition) is 1. The van der Waals surface area contributed by atoms with Crippen molar-refractivity contribution >= 4 is 23.2 Å². The van der Waals surface area contributed by atoms with Gasteiger partial charge >= 0.3 is 0 Å². The van der Waals surface area contributed by atoms with Crippen molar-refractivity contribution in [2.75, 3.05) is 0 Å². The van der Waals surface area contributed by atoms with Crippen LogP contribution in [0.5, 0.6) is 0 Å². The number of rotatable bonds is 6. The number of nitrogens with one attached hydrogen (secondary N) is 1. The normalized spacial score (nSPS) is 11.9. The first kappa shape index (κ1) is 15.4. The number of unbranched alkanes of at least 4 members (excludes halogenated alkanes) is 1. The molecule has 0 bridgehead atoms. The second kappa shape index (κ2) is 7.09. The molecule has 104 valence electrons. The third-order valence-corrected chi connectivity index (χ3v) is 3.09.